The fraction of sp³-hybridized carbons (Fsp3) is 0.111. The standard InChI is InChI=1S/C18H14BrNO3S2/c1-22-15-8-12(9-16-17(21)20-18(24)25-16)4-7-14(15)23-10-11-2-5-13(19)6-3-11/h2-9H,10H2,1H3,(H,20,21,24)/b16-9+. The van der Waals surface area contributed by atoms with Crippen LogP contribution in [-0.2, 0) is 11.4 Å². The highest BCUT2D eigenvalue weighted by Gasteiger charge is 2.22. The lowest BCUT2D eigenvalue weighted by molar-refractivity contribution is -0.115. The molecule has 1 aliphatic rings. The number of hydrogen-bond acceptors (Lipinski definition) is 5. The molecule has 0 bridgehead atoms. The first-order valence-corrected chi connectivity index (χ1v) is 9.37. The average molecular weight is 436 g/mol. The Balaban J connectivity index is 1.75. The zero-order valence-electron chi connectivity index (χ0n) is 13.2. The summed E-state index contributed by atoms with van der Waals surface area (Å²) >= 11 is 9.65. The second-order valence-electron chi connectivity index (χ2n) is 5.18. The van der Waals surface area contributed by atoms with Gasteiger partial charge in [-0.05, 0) is 41.5 Å². The summed E-state index contributed by atoms with van der Waals surface area (Å²) in [7, 11) is 1.59. The summed E-state index contributed by atoms with van der Waals surface area (Å²) < 4.78 is 12.8. The second kappa shape index (κ2) is 8.03. The first-order chi connectivity index (χ1) is 12.0. The van der Waals surface area contributed by atoms with Crippen molar-refractivity contribution in [3.8, 4) is 11.5 Å². The molecule has 4 nitrogen and oxygen atoms in total. The van der Waals surface area contributed by atoms with E-state index in [4.69, 9.17) is 21.7 Å². The molecule has 0 aliphatic carbocycles. The third-order valence-electron chi connectivity index (χ3n) is 3.44. The number of methoxy groups -OCH3 is 1. The van der Waals surface area contributed by atoms with Crippen LogP contribution in [0.1, 0.15) is 11.1 Å². The highest BCUT2D eigenvalue weighted by Crippen LogP contribution is 2.32. The second-order valence-corrected chi connectivity index (χ2v) is 7.81. The smallest absolute Gasteiger partial charge is 0.263 e. The Morgan fingerprint density at radius 2 is 1.96 bits per heavy atom. The first-order valence-electron chi connectivity index (χ1n) is 7.35. The van der Waals surface area contributed by atoms with Crippen LogP contribution in [0.15, 0.2) is 51.8 Å². The third kappa shape index (κ3) is 4.62. The number of benzene rings is 2. The number of carbonyl (C=O) groups is 1. The van der Waals surface area contributed by atoms with Gasteiger partial charge in [-0.15, -0.1) is 0 Å². The summed E-state index contributed by atoms with van der Waals surface area (Å²) in [4.78, 5) is 12.3. The molecule has 7 heteroatoms. The molecule has 1 heterocycles. The minimum atomic E-state index is -0.176. The van der Waals surface area contributed by atoms with Crippen molar-refractivity contribution in [2.45, 2.75) is 6.61 Å². The van der Waals surface area contributed by atoms with Crippen molar-refractivity contribution < 1.29 is 14.3 Å². The number of ether oxygens (including phenoxy) is 2. The molecule has 0 saturated carbocycles. The van der Waals surface area contributed by atoms with Gasteiger partial charge >= 0.3 is 0 Å². The summed E-state index contributed by atoms with van der Waals surface area (Å²) in [6.07, 6.45) is 1.78. The molecule has 1 saturated heterocycles. The molecular formula is C18H14BrNO3S2. The fourth-order valence-electron chi connectivity index (χ4n) is 2.21. The highest BCUT2D eigenvalue weighted by atomic mass is 79.9. The van der Waals surface area contributed by atoms with E-state index >= 15 is 0 Å². The van der Waals surface area contributed by atoms with Gasteiger partial charge in [-0.25, -0.2) is 0 Å². The summed E-state index contributed by atoms with van der Waals surface area (Å²) in [5.74, 6) is 1.08. The van der Waals surface area contributed by atoms with Gasteiger partial charge in [0, 0.05) is 4.47 Å². The minimum Gasteiger partial charge on any atom is -0.493 e. The van der Waals surface area contributed by atoms with Crippen molar-refractivity contribution in [2.24, 2.45) is 0 Å². The van der Waals surface area contributed by atoms with Crippen LogP contribution in [-0.4, -0.2) is 17.3 Å². The molecule has 1 N–H and O–H groups in total. The Labute approximate surface area is 163 Å². The van der Waals surface area contributed by atoms with Gasteiger partial charge in [0.1, 0.15) is 10.9 Å². The molecule has 25 heavy (non-hydrogen) atoms. The monoisotopic (exact) mass is 435 g/mol. The largest absolute Gasteiger partial charge is 0.493 e. The maximum absolute atomic E-state index is 11.7. The molecule has 128 valence electrons. The van der Waals surface area contributed by atoms with Crippen LogP contribution in [0.4, 0.5) is 0 Å². The molecule has 1 aliphatic heterocycles. The van der Waals surface area contributed by atoms with E-state index in [1.165, 1.54) is 11.8 Å². The van der Waals surface area contributed by atoms with Gasteiger partial charge < -0.3 is 14.8 Å². The van der Waals surface area contributed by atoms with Gasteiger partial charge in [0.2, 0.25) is 0 Å². The lowest BCUT2D eigenvalue weighted by Crippen LogP contribution is -2.17. The van der Waals surface area contributed by atoms with Gasteiger partial charge in [0.25, 0.3) is 5.91 Å². The van der Waals surface area contributed by atoms with E-state index in [-0.39, 0.29) is 5.91 Å². The number of nitrogens with one attached hydrogen (secondary N) is 1. The van der Waals surface area contributed by atoms with E-state index < -0.39 is 0 Å². The van der Waals surface area contributed by atoms with E-state index in [2.05, 4.69) is 21.2 Å². The maximum atomic E-state index is 11.7. The Bertz CT molecular complexity index is 850. The summed E-state index contributed by atoms with van der Waals surface area (Å²) in [5.41, 5.74) is 1.90. The summed E-state index contributed by atoms with van der Waals surface area (Å²) in [6.45, 7) is 0.441. The number of rotatable bonds is 5. The lowest BCUT2D eigenvalue weighted by atomic mass is 10.2. The van der Waals surface area contributed by atoms with Crippen molar-refractivity contribution in [3.05, 3.63) is 63.0 Å². The van der Waals surface area contributed by atoms with Crippen molar-refractivity contribution in [2.75, 3.05) is 7.11 Å². The molecule has 0 radical (unpaired) electrons. The van der Waals surface area contributed by atoms with Crippen molar-refractivity contribution in [1.29, 1.82) is 0 Å². The van der Waals surface area contributed by atoms with Crippen LogP contribution in [0.25, 0.3) is 6.08 Å². The number of hydrogen-bond donors (Lipinski definition) is 1. The van der Waals surface area contributed by atoms with Crippen LogP contribution in [0, 0.1) is 0 Å². The predicted molar refractivity (Wildman–Crippen MR) is 108 cm³/mol. The number of amides is 1. The van der Waals surface area contributed by atoms with Crippen LogP contribution in [0.5, 0.6) is 11.5 Å². The van der Waals surface area contributed by atoms with Gasteiger partial charge in [-0.2, -0.15) is 0 Å². The summed E-state index contributed by atoms with van der Waals surface area (Å²) in [5, 5.41) is 2.60. The third-order valence-corrected chi connectivity index (χ3v) is 5.13. The van der Waals surface area contributed by atoms with Crippen LogP contribution in [0.3, 0.4) is 0 Å². The van der Waals surface area contributed by atoms with Crippen LogP contribution in [0.2, 0.25) is 0 Å². The highest BCUT2D eigenvalue weighted by molar-refractivity contribution is 9.10. The number of thioether (sulfide) groups is 1. The van der Waals surface area contributed by atoms with Gasteiger partial charge in [-0.3, -0.25) is 4.79 Å². The molecule has 0 unspecified atom stereocenters. The van der Waals surface area contributed by atoms with Crippen molar-refractivity contribution >= 4 is 56.2 Å². The quantitative estimate of drug-likeness (QED) is 0.552. The lowest BCUT2D eigenvalue weighted by Gasteiger charge is -2.11. The van der Waals surface area contributed by atoms with Crippen molar-refractivity contribution in [3.63, 3.8) is 0 Å². The summed E-state index contributed by atoms with van der Waals surface area (Å²) in [6, 6.07) is 13.5. The van der Waals surface area contributed by atoms with E-state index in [0.717, 1.165) is 15.6 Å². The number of thiocarbonyl (C=S) groups is 1. The van der Waals surface area contributed by atoms with Gasteiger partial charge in [-0.1, -0.05) is 58.1 Å². The van der Waals surface area contributed by atoms with E-state index in [9.17, 15) is 4.79 Å². The molecule has 3 rings (SSSR count). The molecular weight excluding hydrogens is 422 g/mol. The Hall–Kier alpha value is -1.83. The molecule has 1 fully saturated rings. The Morgan fingerprint density at radius 1 is 1.20 bits per heavy atom. The van der Waals surface area contributed by atoms with E-state index in [1.54, 1.807) is 13.2 Å². The number of halogens is 1. The van der Waals surface area contributed by atoms with Gasteiger partial charge in [0.15, 0.2) is 11.5 Å². The predicted octanol–water partition coefficient (Wildman–Crippen LogP) is 4.53. The van der Waals surface area contributed by atoms with E-state index in [1.807, 2.05) is 42.5 Å². The zero-order chi connectivity index (χ0) is 17.8. The normalized spacial score (nSPS) is 15.4. The first kappa shape index (κ1) is 18.0. The van der Waals surface area contributed by atoms with Gasteiger partial charge in [0.05, 0.1) is 12.0 Å². The molecule has 0 atom stereocenters. The Morgan fingerprint density at radius 3 is 2.60 bits per heavy atom. The minimum absolute atomic E-state index is 0.176. The molecule has 2 aromatic rings. The Kier molecular flexibility index (Phi) is 5.78. The maximum Gasteiger partial charge on any atom is 0.263 e. The number of carbonyl (C=O) groups excluding carboxylic acids is 1. The van der Waals surface area contributed by atoms with Crippen LogP contribution >= 0.6 is 39.9 Å². The SMILES string of the molecule is COc1cc(/C=C2/SC(=S)NC2=O)ccc1OCc1ccc(Br)cc1. The zero-order valence-corrected chi connectivity index (χ0v) is 16.5. The molecule has 0 aromatic heterocycles. The average Bonchev–Trinajstić information content (AvgIpc) is 2.92. The molecule has 1 amide bonds. The fourth-order valence-corrected chi connectivity index (χ4v) is 3.52. The molecule has 2 aromatic carbocycles. The topological polar surface area (TPSA) is 47.6 Å². The molecule has 0 spiro atoms. The van der Waals surface area contributed by atoms with Crippen molar-refractivity contribution in [1.82, 2.24) is 5.32 Å². The van der Waals surface area contributed by atoms with E-state index in [0.29, 0.717) is 27.3 Å². The van der Waals surface area contributed by atoms with Crippen LogP contribution < -0.4 is 14.8 Å².